The number of aromatic nitrogens is 1. The summed E-state index contributed by atoms with van der Waals surface area (Å²) in [6.45, 7) is 1.72. The maximum atomic E-state index is 13.5. The first-order valence-corrected chi connectivity index (χ1v) is 12.3. The van der Waals surface area contributed by atoms with Crippen molar-refractivity contribution in [3.8, 4) is 11.5 Å². The highest BCUT2D eigenvalue weighted by molar-refractivity contribution is 5.87. The van der Waals surface area contributed by atoms with E-state index in [-0.39, 0.29) is 24.1 Å². The first-order chi connectivity index (χ1) is 18.0. The number of para-hydroxylation sites is 1. The zero-order valence-corrected chi connectivity index (χ0v) is 21.5. The molecule has 0 aliphatic carbocycles. The lowest BCUT2D eigenvalue weighted by Crippen LogP contribution is -2.27. The van der Waals surface area contributed by atoms with Crippen LogP contribution in [0.2, 0.25) is 0 Å². The molecule has 0 saturated carbocycles. The molecule has 1 heterocycles. The van der Waals surface area contributed by atoms with Crippen molar-refractivity contribution in [3.63, 3.8) is 0 Å². The van der Waals surface area contributed by atoms with Crippen LogP contribution in [0.4, 0.5) is 4.39 Å². The number of carbonyl (C=O) groups is 1. The van der Waals surface area contributed by atoms with E-state index in [0.29, 0.717) is 31.2 Å². The lowest BCUT2D eigenvalue weighted by atomic mass is 9.87. The van der Waals surface area contributed by atoms with Crippen molar-refractivity contribution in [2.45, 2.75) is 25.3 Å². The van der Waals surface area contributed by atoms with Gasteiger partial charge in [-0.1, -0.05) is 30.3 Å². The average molecular weight is 505 g/mol. The molecule has 4 aromatic rings. The fourth-order valence-corrected chi connectivity index (χ4v) is 4.61. The van der Waals surface area contributed by atoms with Gasteiger partial charge >= 0.3 is 0 Å². The molecule has 0 aliphatic rings. The minimum absolute atomic E-state index is 0.0433. The summed E-state index contributed by atoms with van der Waals surface area (Å²) in [5.41, 5.74) is 3.99. The highest BCUT2D eigenvalue weighted by Crippen LogP contribution is 2.38. The summed E-state index contributed by atoms with van der Waals surface area (Å²) < 4.78 is 31.8. The van der Waals surface area contributed by atoms with Crippen molar-refractivity contribution >= 4 is 16.8 Å². The molecule has 0 aliphatic heterocycles. The van der Waals surface area contributed by atoms with Gasteiger partial charge in [-0.25, -0.2) is 4.39 Å². The molecule has 1 amide bonds. The zero-order valence-electron chi connectivity index (χ0n) is 21.5. The number of nitrogens with one attached hydrogen (secondary N) is 1. The van der Waals surface area contributed by atoms with Crippen LogP contribution >= 0.6 is 0 Å². The molecule has 0 unspecified atom stereocenters. The molecule has 3 aromatic carbocycles. The second-order valence-corrected chi connectivity index (χ2v) is 8.95. The monoisotopic (exact) mass is 504 g/mol. The van der Waals surface area contributed by atoms with Crippen LogP contribution < -0.4 is 14.8 Å². The Morgan fingerprint density at radius 2 is 1.68 bits per heavy atom. The molecule has 37 heavy (non-hydrogen) atoms. The fraction of sp³-hybridized carbons (Fsp3) is 0.300. The standard InChI is InChI=1S/C30H33FN2O4/c1-35-14-6-13-32-30(34)18-27(22-15-24(36-2)17-25(16-22)37-3)28-20-33(29-8-5-4-7-26(28)29)19-21-9-11-23(31)12-10-21/h4-5,7-12,15-17,20,27H,6,13-14,18-19H2,1-3H3,(H,32,34)/t27-/m0/s1. The van der Waals surface area contributed by atoms with E-state index in [4.69, 9.17) is 14.2 Å². The van der Waals surface area contributed by atoms with Gasteiger partial charge in [0.25, 0.3) is 0 Å². The number of nitrogens with zero attached hydrogens (tertiary/aromatic N) is 1. The predicted octanol–water partition coefficient (Wildman–Crippen LogP) is 5.52. The molecule has 6 nitrogen and oxygen atoms in total. The summed E-state index contributed by atoms with van der Waals surface area (Å²) in [5, 5.41) is 4.08. The first-order valence-electron chi connectivity index (χ1n) is 12.3. The molecule has 0 radical (unpaired) electrons. The molecule has 4 rings (SSSR count). The highest BCUT2D eigenvalue weighted by atomic mass is 19.1. The van der Waals surface area contributed by atoms with Gasteiger partial charge in [-0.05, 0) is 53.4 Å². The van der Waals surface area contributed by atoms with Crippen LogP contribution in [0.15, 0.2) is 72.9 Å². The number of halogens is 1. The summed E-state index contributed by atoms with van der Waals surface area (Å²) >= 11 is 0. The van der Waals surface area contributed by atoms with Crippen molar-refractivity contribution in [3.05, 3.63) is 95.4 Å². The Balaban J connectivity index is 1.76. The third-order valence-electron chi connectivity index (χ3n) is 6.47. The molecule has 1 aromatic heterocycles. The van der Waals surface area contributed by atoms with Crippen LogP contribution in [0.3, 0.4) is 0 Å². The summed E-state index contributed by atoms with van der Waals surface area (Å²) in [4.78, 5) is 13.1. The summed E-state index contributed by atoms with van der Waals surface area (Å²) in [7, 11) is 4.88. The lowest BCUT2D eigenvalue weighted by Gasteiger charge is -2.19. The zero-order chi connectivity index (χ0) is 26.2. The Morgan fingerprint density at radius 1 is 0.973 bits per heavy atom. The van der Waals surface area contributed by atoms with Gasteiger partial charge in [0.05, 0.1) is 14.2 Å². The third kappa shape index (κ3) is 6.49. The quantitative estimate of drug-likeness (QED) is 0.258. The van der Waals surface area contributed by atoms with E-state index in [1.807, 2.05) is 30.3 Å². The number of carbonyl (C=O) groups excluding carboxylic acids is 1. The van der Waals surface area contributed by atoms with Gasteiger partial charge in [0, 0.05) is 62.3 Å². The molecule has 0 fully saturated rings. The maximum Gasteiger partial charge on any atom is 0.220 e. The normalized spacial score (nSPS) is 11.9. The van der Waals surface area contributed by atoms with Crippen LogP contribution in [0.5, 0.6) is 11.5 Å². The van der Waals surface area contributed by atoms with Crippen molar-refractivity contribution in [1.29, 1.82) is 0 Å². The number of methoxy groups -OCH3 is 3. The number of ether oxygens (including phenoxy) is 3. The van der Waals surface area contributed by atoms with Crippen LogP contribution in [0.25, 0.3) is 10.9 Å². The van der Waals surface area contributed by atoms with E-state index in [0.717, 1.165) is 34.0 Å². The van der Waals surface area contributed by atoms with E-state index in [9.17, 15) is 9.18 Å². The van der Waals surface area contributed by atoms with E-state index in [2.05, 4.69) is 28.2 Å². The van der Waals surface area contributed by atoms with Crippen molar-refractivity contribution in [2.24, 2.45) is 0 Å². The number of hydrogen-bond acceptors (Lipinski definition) is 4. The van der Waals surface area contributed by atoms with Crippen LogP contribution in [0.1, 0.15) is 35.4 Å². The van der Waals surface area contributed by atoms with E-state index < -0.39 is 0 Å². The number of fused-ring (bicyclic) bond motifs is 1. The van der Waals surface area contributed by atoms with Crippen LogP contribution in [-0.2, 0) is 16.1 Å². The fourth-order valence-electron chi connectivity index (χ4n) is 4.61. The average Bonchev–Trinajstić information content (AvgIpc) is 3.28. The smallest absolute Gasteiger partial charge is 0.220 e. The van der Waals surface area contributed by atoms with Crippen molar-refractivity contribution in [2.75, 3.05) is 34.5 Å². The maximum absolute atomic E-state index is 13.5. The highest BCUT2D eigenvalue weighted by Gasteiger charge is 2.24. The Hall–Kier alpha value is -3.84. The topological polar surface area (TPSA) is 61.7 Å². The molecule has 194 valence electrons. The Labute approximate surface area is 217 Å². The van der Waals surface area contributed by atoms with E-state index in [1.54, 1.807) is 33.5 Å². The molecule has 0 spiro atoms. The second-order valence-electron chi connectivity index (χ2n) is 8.95. The predicted molar refractivity (Wildman–Crippen MR) is 143 cm³/mol. The van der Waals surface area contributed by atoms with Gasteiger partial charge in [0.15, 0.2) is 0 Å². The molecule has 1 N–H and O–H groups in total. The van der Waals surface area contributed by atoms with E-state index in [1.165, 1.54) is 12.1 Å². The number of amides is 1. The summed E-state index contributed by atoms with van der Waals surface area (Å²) in [5.74, 6) is 0.777. The SMILES string of the molecule is COCCCNC(=O)C[C@@H](c1cc(OC)cc(OC)c1)c1cn(Cc2ccc(F)cc2)c2ccccc12. The Kier molecular flexibility index (Phi) is 8.80. The lowest BCUT2D eigenvalue weighted by molar-refractivity contribution is -0.121. The molecule has 0 saturated heterocycles. The van der Waals surface area contributed by atoms with Gasteiger partial charge in [0.1, 0.15) is 17.3 Å². The van der Waals surface area contributed by atoms with Crippen molar-refractivity contribution < 1.29 is 23.4 Å². The van der Waals surface area contributed by atoms with Crippen molar-refractivity contribution in [1.82, 2.24) is 9.88 Å². The third-order valence-corrected chi connectivity index (χ3v) is 6.47. The molecular formula is C30H33FN2O4. The molecular weight excluding hydrogens is 471 g/mol. The van der Waals surface area contributed by atoms with Gasteiger partial charge < -0.3 is 24.1 Å². The number of rotatable bonds is 12. The first kappa shape index (κ1) is 26.2. The van der Waals surface area contributed by atoms with Gasteiger partial charge in [-0.15, -0.1) is 0 Å². The van der Waals surface area contributed by atoms with Crippen LogP contribution in [0, 0.1) is 5.82 Å². The number of benzene rings is 3. The van der Waals surface area contributed by atoms with Gasteiger partial charge in [0.2, 0.25) is 5.91 Å². The Morgan fingerprint density at radius 3 is 2.35 bits per heavy atom. The van der Waals surface area contributed by atoms with Crippen LogP contribution in [-0.4, -0.2) is 45.0 Å². The largest absolute Gasteiger partial charge is 0.497 e. The van der Waals surface area contributed by atoms with Gasteiger partial charge in [-0.2, -0.15) is 0 Å². The minimum atomic E-state index is -0.259. The molecule has 1 atom stereocenters. The molecule has 0 bridgehead atoms. The van der Waals surface area contributed by atoms with E-state index >= 15 is 0 Å². The van der Waals surface area contributed by atoms with Gasteiger partial charge in [-0.3, -0.25) is 4.79 Å². The molecule has 7 heteroatoms. The Bertz CT molecular complexity index is 1310. The minimum Gasteiger partial charge on any atom is -0.497 e. The summed E-state index contributed by atoms with van der Waals surface area (Å²) in [6.07, 6.45) is 3.10. The number of hydrogen-bond donors (Lipinski definition) is 1. The summed E-state index contributed by atoms with van der Waals surface area (Å²) in [6, 6.07) is 20.4. The second kappa shape index (κ2) is 12.4.